The first-order valence-corrected chi connectivity index (χ1v) is 10.6. The standard InChI is InChI=1S/C23H24F3N5O3/c1-2-3-19(15-4-6-16(7-5-15)22(34)27-11-10-21(32)33)30-18-8-9-20(28-13-18)31-14-17(12-29-31)23(24,25)26/h4-9,12-14,19,30H,2-3,10-11H2,1H3,(H,27,34)(H,32,33)/t19-/m1/s1. The third-order valence-electron chi connectivity index (χ3n) is 5.01. The summed E-state index contributed by atoms with van der Waals surface area (Å²) >= 11 is 0. The van der Waals surface area contributed by atoms with Crippen LogP contribution in [0, 0.1) is 0 Å². The molecule has 0 fully saturated rings. The molecule has 1 amide bonds. The molecular weight excluding hydrogens is 451 g/mol. The third-order valence-corrected chi connectivity index (χ3v) is 5.01. The second kappa shape index (κ2) is 10.8. The number of aliphatic carboxylic acids is 1. The summed E-state index contributed by atoms with van der Waals surface area (Å²) in [5.74, 6) is -1.08. The molecule has 180 valence electrons. The smallest absolute Gasteiger partial charge is 0.419 e. The fraction of sp³-hybridized carbons (Fsp3) is 0.304. The van der Waals surface area contributed by atoms with Gasteiger partial charge in [0.15, 0.2) is 5.82 Å². The quantitative estimate of drug-likeness (QED) is 0.400. The van der Waals surface area contributed by atoms with Crippen molar-refractivity contribution in [1.82, 2.24) is 20.1 Å². The van der Waals surface area contributed by atoms with Crippen LogP contribution in [0.1, 0.15) is 53.7 Å². The average Bonchev–Trinajstić information content (AvgIpc) is 3.30. The normalized spacial score (nSPS) is 12.2. The van der Waals surface area contributed by atoms with Crippen molar-refractivity contribution >= 4 is 17.6 Å². The van der Waals surface area contributed by atoms with Crippen molar-refractivity contribution in [3.63, 3.8) is 0 Å². The molecule has 0 spiro atoms. The second-order valence-electron chi connectivity index (χ2n) is 7.58. The number of anilines is 1. The van der Waals surface area contributed by atoms with Crippen molar-refractivity contribution in [3.05, 3.63) is 71.7 Å². The van der Waals surface area contributed by atoms with Gasteiger partial charge >= 0.3 is 12.1 Å². The molecule has 11 heteroatoms. The number of carbonyl (C=O) groups excluding carboxylic acids is 1. The maximum absolute atomic E-state index is 12.8. The number of halogens is 3. The molecule has 0 bridgehead atoms. The topological polar surface area (TPSA) is 109 Å². The number of aromatic nitrogens is 3. The zero-order valence-electron chi connectivity index (χ0n) is 18.3. The molecule has 0 aliphatic carbocycles. The molecule has 34 heavy (non-hydrogen) atoms. The number of carboxylic acid groups (broad SMARTS) is 1. The molecule has 0 saturated carbocycles. The lowest BCUT2D eigenvalue weighted by molar-refractivity contribution is -0.138. The number of hydrogen-bond acceptors (Lipinski definition) is 5. The lowest BCUT2D eigenvalue weighted by Crippen LogP contribution is -2.26. The molecule has 8 nitrogen and oxygen atoms in total. The van der Waals surface area contributed by atoms with Gasteiger partial charge in [-0.2, -0.15) is 18.3 Å². The number of carbonyl (C=O) groups is 2. The second-order valence-corrected chi connectivity index (χ2v) is 7.58. The lowest BCUT2D eigenvalue weighted by atomic mass is 10.0. The van der Waals surface area contributed by atoms with Crippen LogP contribution in [0.3, 0.4) is 0 Å². The molecule has 3 rings (SSSR count). The van der Waals surface area contributed by atoms with E-state index in [1.807, 2.05) is 19.1 Å². The first kappa shape index (κ1) is 24.7. The number of alkyl halides is 3. The van der Waals surface area contributed by atoms with Crippen LogP contribution in [-0.2, 0) is 11.0 Å². The van der Waals surface area contributed by atoms with Crippen molar-refractivity contribution < 1.29 is 27.9 Å². The van der Waals surface area contributed by atoms with Crippen LogP contribution in [0.15, 0.2) is 55.0 Å². The molecule has 0 saturated heterocycles. The Morgan fingerprint density at radius 1 is 1.12 bits per heavy atom. The van der Waals surface area contributed by atoms with E-state index < -0.39 is 17.7 Å². The summed E-state index contributed by atoms with van der Waals surface area (Å²) < 4.78 is 39.4. The van der Waals surface area contributed by atoms with Crippen LogP contribution in [0.4, 0.5) is 18.9 Å². The van der Waals surface area contributed by atoms with Gasteiger partial charge in [0, 0.05) is 18.3 Å². The maximum atomic E-state index is 12.8. The zero-order chi connectivity index (χ0) is 24.7. The molecule has 2 aromatic heterocycles. The Morgan fingerprint density at radius 2 is 1.85 bits per heavy atom. The largest absolute Gasteiger partial charge is 0.481 e. The number of benzene rings is 1. The van der Waals surface area contributed by atoms with Gasteiger partial charge in [-0.3, -0.25) is 9.59 Å². The van der Waals surface area contributed by atoms with Gasteiger partial charge in [-0.05, 0) is 36.2 Å². The number of rotatable bonds is 10. The minimum Gasteiger partial charge on any atom is -0.481 e. The first-order valence-electron chi connectivity index (χ1n) is 10.6. The minimum atomic E-state index is -4.47. The van der Waals surface area contributed by atoms with E-state index in [4.69, 9.17) is 5.11 Å². The molecule has 3 aromatic rings. The van der Waals surface area contributed by atoms with Crippen molar-refractivity contribution in [1.29, 1.82) is 0 Å². The summed E-state index contributed by atoms with van der Waals surface area (Å²) in [5, 5.41) is 18.3. The van der Waals surface area contributed by atoms with Gasteiger partial charge in [0.05, 0.1) is 36.1 Å². The van der Waals surface area contributed by atoms with Crippen molar-refractivity contribution in [2.45, 2.75) is 38.4 Å². The number of carboxylic acids is 1. The molecular formula is C23H24F3N5O3. The highest BCUT2D eigenvalue weighted by molar-refractivity contribution is 5.94. The van der Waals surface area contributed by atoms with Crippen LogP contribution >= 0.6 is 0 Å². The summed E-state index contributed by atoms with van der Waals surface area (Å²) in [4.78, 5) is 26.9. The molecule has 1 aromatic carbocycles. The predicted molar refractivity (Wildman–Crippen MR) is 119 cm³/mol. The van der Waals surface area contributed by atoms with E-state index in [-0.39, 0.29) is 30.7 Å². The maximum Gasteiger partial charge on any atom is 0.419 e. The number of amides is 1. The number of nitrogens with one attached hydrogen (secondary N) is 2. The van der Waals surface area contributed by atoms with Gasteiger partial charge in [-0.25, -0.2) is 9.67 Å². The summed E-state index contributed by atoms with van der Waals surface area (Å²) in [6.07, 6.45) is 0.214. The van der Waals surface area contributed by atoms with Gasteiger partial charge in [0.2, 0.25) is 0 Å². The molecule has 3 N–H and O–H groups in total. The highest BCUT2D eigenvalue weighted by atomic mass is 19.4. The number of nitrogens with zero attached hydrogens (tertiary/aromatic N) is 3. The average molecular weight is 475 g/mol. The Bertz CT molecular complexity index is 1110. The highest BCUT2D eigenvalue weighted by Gasteiger charge is 2.32. The van der Waals surface area contributed by atoms with E-state index in [0.29, 0.717) is 11.3 Å². The highest BCUT2D eigenvalue weighted by Crippen LogP contribution is 2.29. The predicted octanol–water partition coefficient (Wildman–Crippen LogP) is 4.44. The van der Waals surface area contributed by atoms with Crippen LogP contribution in [0.25, 0.3) is 5.82 Å². The zero-order valence-corrected chi connectivity index (χ0v) is 18.3. The molecule has 2 heterocycles. The van der Waals surface area contributed by atoms with E-state index in [1.165, 1.54) is 6.20 Å². The van der Waals surface area contributed by atoms with E-state index in [2.05, 4.69) is 20.7 Å². The van der Waals surface area contributed by atoms with Gasteiger partial charge in [-0.1, -0.05) is 25.5 Å². The summed E-state index contributed by atoms with van der Waals surface area (Å²) in [6, 6.07) is 10.2. The summed E-state index contributed by atoms with van der Waals surface area (Å²) in [7, 11) is 0. The Hall–Kier alpha value is -3.89. The molecule has 0 radical (unpaired) electrons. The molecule has 1 atom stereocenters. The van der Waals surface area contributed by atoms with Crippen LogP contribution < -0.4 is 10.6 Å². The fourth-order valence-corrected chi connectivity index (χ4v) is 3.27. The summed E-state index contributed by atoms with van der Waals surface area (Å²) in [5.41, 5.74) is 1.20. The fourth-order valence-electron chi connectivity index (χ4n) is 3.27. The van der Waals surface area contributed by atoms with Gasteiger partial charge in [0.1, 0.15) is 0 Å². The van der Waals surface area contributed by atoms with Crippen LogP contribution in [0.2, 0.25) is 0 Å². The van der Waals surface area contributed by atoms with Gasteiger partial charge < -0.3 is 15.7 Å². The molecule has 0 aliphatic heterocycles. The van der Waals surface area contributed by atoms with Gasteiger partial charge in [-0.15, -0.1) is 0 Å². The van der Waals surface area contributed by atoms with Crippen LogP contribution in [-0.4, -0.2) is 38.3 Å². The minimum absolute atomic E-state index is 0.0506. The molecule has 0 aliphatic rings. The Balaban J connectivity index is 1.67. The first-order chi connectivity index (χ1) is 16.2. The molecule has 0 unspecified atom stereocenters. The van der Waals surface area contributed by atoms with E-state index in [0.717, 1.165) is 35.5 Å². The SMILES string of the molecule is CCC[C@@H](Nc1ccc(-n2cc(C(F)(F)F)cn2)nc1)c1ccc(C(=O)NCCC(=O)O)cc1. The van der Waals surface area contributed by atoms with E-state index in [9.17, 15) is 22.8 Å². The van der Waals surface area contributed by atoms with Crippen molar-refractivity contribution in [3.8, 4) is 5.82 Å². The van der Waals surface area contributed by atoms with Gasteiger partial charge in [0.25, 0.3) is 5.91 Å². The lowest BCUT2D eigenvalue weighted by Gasteiger charge is -2.20. The van der Waals surface area contributed by atoms with Crippen molar-refractivity contribution in [2.24, 2.45) is 0 Å². The summed E-state index contributed by atoms with van der Waals surface area (Å²) in [6.45, 7) is 2.09. The Labute approximate surface area is 193 Å². The van der Waals surface area contributed by atoms with Crippen LogP contribution in [0.5, 0.6) is 0 Å². The van der Waals surface area contributed by atoms with Crippen molar-refractivity contribution in [2.75, 3.05) is 11.9 Å². The number of pyridine rings is 1. The van der Waals surface area contributed by atoms with E-state index in [1.54, 1.807) is 24.3 Å². The monoisotopic (exact) mass is 475 g/mol. The Morgan fingerprint density at radius 3 is 2.41 bits per heavy atom. The van der Waals surface area contributed by atoms with E-state index >= 15 is 0 Å². The third kappa shape index (κ3) is 6.56. The Kier molecular flexibility index (Phi) is 7.87. The number of hydrogen-bond donors (Lipinski definition) is 3.